The molecule has 0 saturated heterocycles. The molecule has 3 aromatic rings. The zero-order valence-electron chi connectivity index (χ0n) is 13.8. The van der Waals surface area contributed by atoms with Gasteiger partial charge in [0, 0.05) is 18.2 Å². The number of fused-ring (bicyclic) bond motifs is 1. The normalized spacial score (nSPS) is 15.5. The first-order valence-corrected chi connectivity index (χ1v) is 8.34. The van der Waals surface area contributed by atoms with Crippen LogP contribution in [-0.2, 0) is 6.54 Å². The molecule has 0 unspecified atom stereocenters. The van der Waals surface area contributed by atoms with Crippen molar-refractivity contribution in [1.29, 1.82) is 0 Å². The van der Waals surface area contributed by atoms with Crippen molar-refractivity contribution in [2.24, 2.45) is 4.99 Å². The van der Waals surface area contributed by atoms with Crippen molar-refractivity contribution in [3.05, 3.63) is 90.3 Å². The zero-order chi connectivity index (χ0) is 17.1. The van der Waals surface area contributed by atoms with Gasteiger partial charge in [-0.25, -0.2) is 0 Å². The Morgan fingerprint density at radius 2 is 1.88 bits per heavy atom. The third kappa shape index (κ3) is 3.22. The van der Waals surface area contributed by atoms with E-state index in [0.29, 0.717) is 13.0 Å². The number of nitrogens with zero attached hydrogens (tertiary/aromatic N) is 2. The highest BCUT2D eigenvalue weighted by Crippen LogP contribution is 2.26. The topological polar surface area (TPSA) is 45.5 Å². The number of aliphatic hydroxyl groups excluding tert-OH is 1. The number of hydrogen-bond acceptors (Lipinski definition) is 3. The Kier molecular flexibility index (Phi) is 4.13. The molecular formula is C22H18N2O. The van der Waals surface area contributed by atoms with Gasteiger partial charge in [-0.1, -0.05) is 54.6 Å². The van der Waals surface area contributed by atoms with E-state index in [1.807, 2.05) is 42.6 Å². The van der Waals surface area contributed by atoms with Gasteiger partial charge < -0.3 is 5.11 Å². The van der Waals surface area contributed by atoms with E-state index < -0.39 is 0 Å². The van der Waals surface area contributed by atoms with Gasteiger partial charge in [0.05, 0.1) is 18.0 Å². The van der Waals surface area contributed by atoms with Crippen LogP contribution in [0.3, 0.4) is 0 Å². The lowest BCUT2D eigenvalue weighted by atomic mass is 10.0. The third-order valence-corrected chi connectivity index (χ3v) is 4.35. The highest BCUT2D eigenvalue weighted by atomic mass is 16.3. The van der Waals surface area contributed by atoms with Crippen molar-refractivity contribution in [3.63, 3.8) is 0 Å². The van der Waals surface area contributed by atoms with E-state index in [0.717, 1.165) is 22.5 Å². The summed E-state index contributed by atoms with van der Waals surface area (Å²) in [6.07, 6.45) is 7.98. The summed E-state index contributed by atoms with van der Waals surface area (Å²) in [5, 5.41) is 12.3. The fourth-order valence-electron chi connectivity index (χ4n) is 3.03. The van der Waals surface area contributed by atoms with E-state index >= 15 is 0 Å². The lowest BCUT2D eigenvalue weighted by Gasteiger charge is -2.10. The molecule has 1 heterocycles. The average molecular weight is 326 g/mol. The van der Waals surface area contributed by atoms with Crippen molar-refractivity contribution in [3.8, 4) is 11.3 Å². The number of rotatable bonds is 3. The Morgan fingerprint density at radius 1 is 1.00 bits per heavy atom. The minimum Gasteiger partial charge on any atom is -0.506 e. The summed E-state index contributed by atoms with van der Waals surface area (Å²) in [7, 11) is 0. The molecule has 0 bridgehead atoms. The van der Waals surface area contributed by atoms with Crippen LogP contribution in [0.5, 0.6) is 0 Å². The second kappa shape index (κ2) is 6.73. The van der Waals surface area contributed by atoms with Crippen LogP contribution in [0.1, 0.15) is 12.0 Å². The zero-order valence-corrected chi connectivity index (χ0v) is 13.8. The Hall–Kier alpha value is -3.20. The molecular weight excluding hydrogens is 308 g/mol. The molecule has 0 spiro atoms. The number of pyridine rings is 1. The second-order valence-electron chi connectivity index (χ2n) is 6.02. The second-order valence-corrected chi connectivity index (χ2v) is 6.02. The van der Waals surface area contributed by atoms with Gasteiger partial charge in [-0.15, -0.1) is 0 Å². The first-order valence-electron chi connectivity index (χ1n) is 8.34. The molecule has 4 rings (SSSR count). The first kappa shape index (κ1) is 15.3. The predicted molar refractivity (Wildman–Crippen MR) is 103 cm³/mol. The molecule has 1 aliphatic carbocycles. The summed E-state index contributed by atoms with van der Waals surface area (Å²) in [5.74, 6) is 0.249. The van der Waals surface area contributed by atoms with Gasteiger partial charge in [0.15, 0.2) is 0 Å². The van der Waals surface area contributed by atoms with Crippen LogP contribution in [0.4, 0.5) is 0 Å². The maximum atomic E-state index is 9.92. The van der Waals surface area contributed by atoms with Crippen molar-refractivity contribution in [2.75, 3.05) is 0 Å². The molecule has 0 fully saturated rings. The quantitative estimate of drug-likeness (QED) is 0.715. The smallest absolute Gasteiger partial charge is 0.136 e. The molecule has 1 aliphatic rings. The van der Waals surface area contributed by atoms with Crippen LogP contribution in [0.2, 0.25) is 0 Å². The summed E-state index contributed by atoms with van der Waals surface area (Å²) in [6.45, 7) is 0.497. The molecule has 3 nitrogen and oxygen atoms in total. The van der Waals surface area contributed by atoms with Gasteiger partial charge >= 0.3 is 0 Å². The van der Waals surface area contributed by atoms with E-state index in [4.69, 9.17) is 0 Å². The molecule has 0 saturated carbocycles. The number of hydrogen-bond donors (Lipinski definition) is 1. The van der Waals surface area contributed by atoms with Gasteiger partial charge in [-0.2, -0.15) is 0 Å². The van der Waals surface area contributed by atoms with Crippen LogP contribution in [-0.4, -0.2) is 15.8 Å². The summed E-state index contributed by atoms with van der Waals surface area (Å²) >= 11 is 0. The van der Waals surface area contributed by atoms with Gasteiger partial charge in [0.25, 0.3) is 0 Å². The lowest BCUT2D eigenvalue weighted by molar-refractivity contribution is 0.440. The number of allylic oxidation sites excluding steroid dienone is 4. The summed E-state index contributed by atoms with van der Waals surface area (Å²) < 4.78 is 0. The van der Waals surface area contributed by atoms with Crippen LogP contribution < -0.4 is 0 Å². The molecule has 0 atom stereocenters. The Morgan fingerprint density at radius 3 is 2.76 bits per heavy atom. The van der Waals surface area contributed by atoms with Gasteiger partial charge in [0.2, 0.25) is 0 Å². The Labute approximate surface area is 146 Å². The molecule has 0 amide bonds. The van der Waals surface area contributed by atoms with Crippen LogP contribution in [0.25, 0.3) is 22.0 Å². The SMILES string of the molecule is OC1=CC=CCC1=NCc1cccnc1-c1ccc2ccccc2c1. The molecule has 2 aromatic carbocycles. The molecule has 1 N–H and O–H groups in total. The number of aliphatic imine (C=N–C) groups is 1. The van der Waals surface area contributed by atoms with E-state index in [2.05, 4.69) is 40.3 Å². The first-order chi connectivity index (χ1) is 12.3. The van der Waals surface area contributed by atoms with Crippen molar-refractivity contribution >= 4 is 16.5 Å². The van der Waals surface area contributed by atoms with Crippen LogP contribution >= 0.6 is 0 Å². The van der Waals surface area contributed by atoms with E-state index in [1.165, 1.54) is 10.8 Å². The number of aliphatic hydroxyl groups is 1. The molecule has 1 aromatic heterocycles. The Bertz CT molecular complexity index is 1020. The minimum absolute atomic E-state index is 0.249. The van der Waals surface area contributed by atoms with Gasteiger partial charge in [0.1, 0.15) is 5.76 Å². The highest BCUT2D eigenvalue weighted by Gasteiger charge is 2.09. The van der Waals surface area contributed by atoms with E-state index in [1.54, 1.807) is 6.08 Å². The number of aromatic nitrogens is 1. The van der Waals surface area contributed by atoms with E-state index in [-0.39, 0.29) is 5.76 Å². The van der Waals surface area contributed by atoms with Gasteiger partial charge in [-0.3, -0.25) is 9.98 Å². The number of benzene rings is 2. The summed E-state index contributed by atoms with van der Waals surface area (Å²) in [5.41, 5.74) is 3.79. The van der Waals surface area contributed by atoms with Crippen molar-refractivity contribution in [2.45, 2.75) is 13.0 Å². The van der Waals surface area contributed by atoms with Crippen LogP contribution in [0.15, 0.2) is 89.8 Å². The largest absolute Gasteiger partial charge is 0.506 e. The Balaban J connectivity index is 1.70. The van der Waals surface area contributed by atoms with Crippen molar-refractivity contribution < 1.29 is 5.11 Å². The average Bonchev–Trinajstić information content (AvgIpc) is 2.67. The predicted octanol–water partition coefficient (Wildman–Crippen LogP) is 5.24. The summed E-state index contributed by atoms with van der Waals surface area (Å²) in [4.78, 5) is 9.17. The molecule has 0 radical (unpaired) electrons. The fraction of sp³-hybridized carbons (Fsp3) is 0.0909. The minimum atomic E-state index is 0.249. The fourth-order valence-corrected chi connectivity index (χ4v) is 3.03. The maximum Gasteiger partial charge on any atom is 0.136 e. The summed E-state index contributed by atoms with van der Waals surface area (Å²) in [6, 6.07) is 18.7. The molecule has 3 heteroatoms. The monoisotopic (exact) mass is 326 g/mol. The standard InChI is InChI=1S/C22H18N2O/c25-21-10-4-3-9-20(21)24-15-19-8-5-13-23-22(19)18-12-11-16-6-1-2-7-17(16)14-18/h1-8,10-14,25H,9,15H2. The van der Waals surface area contributed by atoms with Crippen molar-refractivity contribution in [1.82, 2.24) is 4.98 Å². The molecule has 25 heavy (non-hydrogen) atoms. The molecule has 122 valence electrons. The maximum absolute atomic E-state index is 9.92. The third-order valence-electron chi connectivity index (χ3n) is 4.35. The highest BCUT2D eigenvalue weighted by molar-refractivity contribution is 6.00. The molecule has 0 aliphatic heterocycles. The van der Waals surface area contributed by atoms with Gasteiger partial charge in [-0.05, 0) is 34.5 Å². The lowest BCUT2D eigenvalue weighted by Crippen LogP contribution is -2.05. The van der Waals surface area contributed by atoms with E-state index in [9.17, 15) is 5.11 Å². The van der Waals surface area contributed by atoms with Crippen LogP contribution in [0, 0.1) is 0 Å².